The average Bonchev–Trinajstić information content (AvgIpc) is 2.37. The van der Waals surface area contributed by atoms with Gasteiger partial charge in [-0.15, -0.1) is 0 Å². The van der Waals surface area contributed by atoms with E-state index in [2.05, 4.69) is 15.9 Å². The summed E-state index contributed by atoms with van der Waals surface area (Å²) in [6.45, 7) is 0.486. The summed E-state index contributed by atoms with van der Waals surface area (Å²) in [6, 6.07) is 5.27. The zero-order valence-electron chi connectivity index (χ0n) is 11.0. The van der Waals surface area contributed by atoms with Crippen LogP contribution in [0.1, 0.15) is 11.1 Å². The van der Waals surface area contributed by atoms with Crippen molar-refractivity contribution in [3.05, 3.63) is 51.8 Å². The van der Waals surface area contributed by atoms with Gasteiger partial charge < -0.3 is 9.64 Å². The molecule has 1 heterocycles. The molecule has 0 saturated heterocycles. The first-order valence-corrected chi connectivity index (χ1v) is 6.65. The molecule has 0 amide bonds. The Kier molecular flexibility index (Phi) is 4.13. The molecular weight excluding hydrogens is 335 g/mol. The fourth-order valence-corrected chi connectivity index (χ4v) is 2.84. The highest BCUT2D eigenvalue weighted by Gasteiger charge is 2.31. The van der Waals surface area contributed by atoms with Gasteiger partial charge in [-0.2, -0.15) is 13.2 Å². The van der Waals surface area contributed by atoms with E-state index in [0.29, 0.717) is 22.3 Å². The maximum atomic E-state index is 12.8. The fourth-order valence-electron chi connectivity index (χ4n) is 2.09. The third-order valence-corrected chi connectivity index (χ3v) is 3.54. The first-order valence-electron chi connectivity index (χ1n) is 5.85. The molecule has 0 N–H and O–H groups in total. The lowest BCUT2D eigenvalue weighted by atomic mass is 10.00. The maximum absolute atomic E-state index is 12.8. The first-order chi connectivity index (χ1) is 9.32. The molecule has 0 atom stereocenters. The third kappa shape index (κ3) is 3.00. The highest BCUT2D eigenvalue weighted by Crippen LogP contribution is 2.35. The van der Waals surface area contributed by atoms with E-state index in [1.165, 1.54) is 13.2 Å². The van der Waals surface area contributed by atoms with Crippen LogP contribution in [0.2, 0.25) is 0 Å². The predicted octanol–water partition coefficient (Wildman–Crippen LogP) is 4.24. The second-order valence-corrected chi connectivity index (χ2v) is 5.34. The Hall–Kier alpha value is -1.43. The van der Waals surface area contributed by atoms with Crippen molar-refractivity contribution >= 4 is 21.5 Å². The summed E-state index contributed by atoms with van der Waals surface area (Å²) >= 11 is 3.37. The molecule has 6 heteroatoms. The molecule has 1 aromatic rings. The summed E-state index contributed by atoms with van der Waals surface area (Å²) in [5.74, 6) is 0.558. The third-order valence-electron chi connectivity index (χ3n) is 2.97. The zero-order chi connectivity index (χ0) is 14.9. The predicted molar refractivity (Wildman–Crippen MR) is 75.0 cm³/mol. The van der Waals surface area contributed by atoms with E-state index >= 15 is 0 Å². The van der Waals surface area contributed by atoms with Crippen LogP contribution in [-0.4, -0.2) is 25.6 Å². The number of benzene rings is 1. The van der Waals surface area contributed by atoms with E-state index in [9.17, 15) is 13.2 Å². The molecule has 0 spiro atoms. The zero-order valence-corrected chi connectivity index (χ0v) is 12.5. The molecule has 108 valence electrons. The lowest BCUT2D eigenvalue weighted by Gasteiger charge is -2.26. The number of methoxy groups -OCH3 is 1. The Morgan fingerprint density at radius 2 is 2.00 bits per heavy atom. The largest absolute Gasteiger partial charge is 0.495 e. The molecule has 0 bridgehead atoms. The smallest absolute Gasteiger partial charge is 0.416 e. The minimum absolute atomic E-state index is 0.486. The number of halogens is 4. The van der Waals surface area contributed by atoms with Crippen molar-refractivity contribution < 1.29 is 17.9 Å². The molecule has 0 aliphatic carbocycles. The van der Waals surface area contributed by atoms with Crippen LogP contribution >= 0.6 is 15.9 Å². The van der Waals surface area contributed by atoms with Crippen molar-refractivity contribution in [2.45, 2.75) is 6.18 Å². The number of alkyl halides is 3. The van der Waals surface area contributed by atoms with Crippen molar-refractivity contribution in [3.63, 3.8) is 0 Å². The molecule has 2 rings (SSSR count). The summed E-state index contributed by atoms with van der Waals surface area (Å²) < 4.78 is 44.4. The van der Waals surface area contributed by atoms with E-state index in [1.54, 1.807) is 6.07 Å². The van der Waals surface area contributed by atoms with Gasteiger partial charge in [0.1, 0.15) is 5.76 Å². The fraction of sp³-hybridized carbons (Fsp3) is 0.286. The summed E-state index contributed by atoms with van der Waals surface area (Å²) in [7, 11) is 3.35. The lowest BCUT2D eigenvalue weighted by Crippen LogP contribution is -2.20. The van der Waals surface area contributed by atoms with Gasteiger partial charge in [-0.05, 0) is 33.6 Å². The molecule has 0 radical (unpaired) electrons. The van der Waals surface area contributed by atoms with E-state index < -0.39 is 11.7 Å². The van der Waals surface area contributed by atoms with Gasteiger partial charge in [0.05, 0.1) is 17.2 Å². The molecular formula is C14H13BrF3NO. The van der Waals surface area contributed by atoms with Gasteiger partial charge in [0.25, 0.3) is 0 Å². The van der Waals surface area contributed by atoms with Gasteiger partial charge in [-0.3, -0.25) is 0 Å². The monoisotopic (exact) mass is 347 g/mol. The van der Waals surface area contributed by atoms with Crippen LogP contribution < -0.4 is 0 Å². The van der Waals surface area contributed by atoms with Crippen molar-refractivity contribution in [2.75, 3.05) is 20.7 Å². The Morgan fingerprint density at radius 1 is 1.30 bits per heavy atom. The molecule has 20 heavy (non-hydrogen) atoms. The first kappa shape index (κ1) is 15.0. The topological polar surface area (TPSA) is 12.5 Å². The van der Waals surface area contributed by atoms with E-state index in [4.69, 9.17) is 4.74 Å². The Bertz CT molecular complexity index is 578. The van der Waals surface area contributed by atoms with Crippen LogP contribution in [0.5, 0.6) is 0 Å². The number of nitrogens with zero attached hydrogens (tertiary/aromatic N) is 1. The molecule has 2 nitrogen and oxygen atoms in total. The molecule has 0 saturated carbocycles. The second-order valence-electron chi connectivity index (χ2n) is 4.48. The van der Waals surface area contributed by atoms with Gasteiger partial charge in [0.2, 0.25) is 0 Å². The molecule has 1 aromatic carbocycles. The van der Waals surface area contributed by atoms with E-state index in [1.807, 2.05) is 18.1 Å². The van der Waals surface area contributed by atoms with Crippen molar-refractivity contribution in [3.8, 4) is 0 Å². The van der Waals surface area contributed by atoms with Crippen molar-refractivity contribution in [2.24, 2.45) is 0 Å². The van der Waals surface area contributed by atoms with Crippen LogP contribution in [0.3, 0.4) is 0 Å². The number of hydrogen-bond donors (Lipinski definition) is 0. The van der Waals surface area contributed by atoms with Crippen LogP contribution in [0.25, 0.3) is 5.57 Å². The quantitative estimate of drug-likeness (QED) is 0.793. The Labute approximate surface area is 123 Å². The van der Waals surface area contributed by atoms with Gasteiger partial charge in [-0.1, -0.05) is 12.1 Å². The molecule has 1 aliphatic heterocycles. The Balaban J connectivity index is 2.52. The highest BCUT2D eigenvalue weighted by molar-refractivity contribution is 9.12. The summed E-state index contributed by atoms with van der Waals surface area (Å²) in [4.78, 5) is 1.88. The SMILES string of the molecule is COC1=C(c2cccc(C(F)(F)F)c2)CN(C)C=C1Br. The number of rotatable bonds is 2. The normalized spacial score (nSPS) is 16.3. The van der Waals surface area contributed by atoms with Crippen LogP contribution in [0.15, 0.2) is 40.7 Å². The maximum Gasteiger partial charge on any atom is 0.416 e. The van der Waals surface area contributed by atoms with Gasteiger partial charge in [0.15, 0.2) is 0 Å². The lowest BCUT2D eigenvalue weighted by molar-refractivity contribution is -0.137. The second kappa shape index (κ2) is 5.52. The minimum Gasteiger partial charge on any atom is -0.495 e. The standard InChI is InChI=1S/C14H13BrF3NO/c1-19-7-11(13(20-2)12(15)8-19)9-4-3-5-10(6-9)14(16,17)18/h3-6,8H,7H2,1-2H3. The van der Waals surface area contributed by atoms with Gasteiger partial charge in [0, 0.05) is 25.4 Å². The van der Waals surface area contributed by atoms with E-state index in [0.717, 1.165) is 17.7 Å². The summed E-state index contributed by atoms with van der Waals surface area (Å²) in [5, 5.41) is 0. The molecule has 0 unspecified atom stereocenters. The minimum atomic E-state index is -4.35. The van der Waals surface area contributed by atoms with Gasteiger partial charge in [-0.25, -0.2) is 0 Å². The van der Waals surface area contributed by atoms with Crippen LogP contribution in [0, 0.1) is 0 Å². The van der Waals surface area contributed by atoms with Crippen LogP contribution in [0.4, 0.5) is 13.2 Å². The van der Waals surface area contributed by atoms with Crippen molar-refractivity contribution in [1.29, 1.82) is 0 Å². The number of hydrogen-bond acceptors (Lipinski definition) is 2. The average molecular weight is 348 g/mol. The number of allylic oxidation sites excluding steroid dienone is 1. The van der Waals surface area contributed by atoms with Crippen molar-refractivity contribution in [1.82, 2.24) is 4.90 Å². The summed E-state index contributed by atoms with van der Waals surface area (Å²) in [5.41, 5.74) is 0.565. The van der Waals surface area contributed by atoms with Crippen LogP contribution in [-0.2, 0) is 10.9 Å². The highest BCUT2D eigenvalue weighted by atomic mass is 79.9. The Morgan fingerprint density at radius 3 is 2.60 bits per heavy atom. The molecule has 0 fully saturated rings. The van der Waals surface area contributed by atoms with Gasteiger partial charge >= 0.3 is 6.18 Å². The molecule has 0 aromatic heterocycles. The van der Waals surface area contributed by atoms with E-state index in [-0.39, 0.29) is 0 Å². The number of likely N-dealkylation sites (N-methyl/N-ethyl adjacent to an activating group) is 1. The molecule has 1 aliphatic rings. The summed E-state index contributed by atoms with van der Waals surface area (Å²) in [6.07, 6.45) is -2.52. The number of ether oxygens (including phenoxy) is 1.